The molecule has 13 heteroatoms. The third-order valence-corrected chi connectivity index (χ3v) is 7.81. The van der Waals surface area contributed by atoms with Gasteiger partial charge in [0.15, 0.2) is 0 Å². The summed E-state index contributed by atoms with van der Waals surface area (Å²) in [6.07, 6.45) is 0.950. The number of amides is 2. The Morgan fingerprint density at radius 1 is 1.15 bits per heavy atom. The number of carbonyl (C=O) groups is 2. The van der Waals surface area contributed by atoms with Crippen LogP contribution in [0.15, 0.2) is 24.4 Å². The fourth-order valence-corrected chi connectivity index (χ4v) is 5.52. The number of ether oxygens (including phenoxy) is 1. The SMILES string of the molecule is COc1cc(C(=O)N[C@H]2CCCN(C)C2)ccc1Nc1ncc(C(F)(F)F)c(N[C@@H]2CCCC[C@H]2N(C)C(C)=O)n1. The lowest BCUT2D eigenvalue weighted by molar-refractivity contribution is -0.137. The van der Waals surface area contributed by atoms with Crippen LogP contribution < -0.4 is 20.7 Å². The molecule has 1 aromatic heterocycles. The molecule has 0 spiro atoms. The van der Waals surface area contributed by atoms with Gasteiger partial charge in [-0.3, -0.25) is 9.59 Å². The lowest BCUT2D eigenvalue weighted by Crippen LogP contribution is -2.49. The number of anilines is 3. The van der Waals surface area contributed by atoms with E-state index >= 15 is 0 Å². The van der Waals surface area contributed by atoms with E-state index in [4.69, 9.17) is 4.74 Å². The maximum atomic E-state index is 13.9. The van der Waals surface area contributed by atoms with Gasteiger partial charge < -0.3 is 30.5 Å². The maximum absolute atomic E-state index is 13.9. The van der Waals surface area contributed by atoms with E-state index in [0.29, 0.717) is 29.8 Å². The van der Waals surface area contributed by atoms with Crippen LogP contribution in [-0.4, -0.2) is 84.0 Å². The quantitative estimate of drug-likeness (QED) is 0.427. The number of nitrogens with zero attached hydrogens (tertiary/aromatic N) is 4. The van der Waals surface area contributed by atoms with Gasteiger partial charge in [0.2, 0.25) is 11.9 Å². The topological polar surface area (TPSA) is 112 Å². The number of alkyl halides is 3. The molecule has 1 saturated carbocycles. The van der Waals surface area contributed by atoms with Crippen LogP contribution in [0.4, 0.5) is 30.6 Å². The molecule has 2 aliphatic rings. The number of piperidine rings is 1. The minimum absolute atomic E-state index is 0.0514. The average molecular weight is 578 g/mol. The summed E-state index contributed by atoms with van der Waals surface area (Å²) in [5.74, 6) is -0.512. The zero-order valence-corrected chi connectivity index (χ0v) is 23.8. The van der Waals surface area contributed by atoms with Gasteiger partial charge >= 0.3 is 6.18 Å². The lowest BCUT2D eigenvalue weighted by atomic mass is 9.89. The summed E-state index contributed by atoms with van der Waals surface area (Å²) in [5.41, 5.74) is -0.210. The van der Waals surface area contributed by atoms with E-state index in [1.807, 2.05) is 7.05 Å². The molecule has 3 N–H and O–H groups in total. The summed E-state index contributed by atoms with van der Waals surface area (Å²) in [5, 5.41) is 8.95. The summed E-state index contributed by atoms with van der Waals surface area (Å²) < 4.78 is 47.2. The van der Waals surface area contributed by atoms with Crippen LogP contribution in [0.1, 0.15) is 61.4 Å². The molecule has 224 valence electrons. The number of hydrogen-bond acceptors (Lipinski definition) is 8. The molecule has 0 radical (unpaired) electrons. The number of rotatable bonds is 8. The van der Waals surface area contributed by atoms with Gasteiger partial charge in [-0.15, -0.1) is 0 Å². The number of carbonyl (C=O) groups excluding carboxylic acids is 2. The van der Waals surface area contributed by atoms with Crippen molar-refractivity contribution in [3.05, 3.63) is 35.5 Å². The molecule has 2 heterocycles. The summed E-state index contributed by atoms with van der Waals surface area (Å²) in [6.45, 7) is 3.22. The molecule has 2 amide bonds. The largest absolute Gasteiger partial charge is 0.495 e. The van der Waals surface area contributed by atoms with Crippen LogP contribution in [0.25, 0.3) is 0 Å². The van der Waals surface area contributed by atoms with Crippen molar-refractivity contribution in [2.75, 3.05) is 44.9 Å². The number of aromatic nitrogens is 2. The first-order chi connectivity index (χ1) is 19.5. The molecule has 1 aromatic carbocycles. The highest BCUT2D eigenvalue weighted by molar-refractivity contribution is 5.95. The predicted octanol–water partition coefficient (Wildman–Crippen LogP) is 4.27. The van der Waals surface area contributed by atoms with Crippen LogP contribution in [-0.2, 0) is 11.0 Å². The van der Waals surface area contributed by atoms with Crippen molar-refractivity contribution < 1.29 is 27.5 Å². The zero-order chi connectivity index (χ0) is 29.7. The van der Waals surface area contributed by atoms with Crippen LogP contribution in [0, 0.1) is 0 Å². The lowest BCUT2D eigenvalue weighted by Gasteiger charge is -2.38. The molecular weight excluding hydrogens is 539 g/mol. The Kier molecular flexibility index (Phi) is 9.57. The minimum atomic E-state index is -4.68. The maximum Gasteiger partial charge on any atom is 0.421 e. The van der Waals surface area contributed by atoms with Gasteiger partial charge in [-0.25, -0.2) is 4.98 Å². The summed E-state index contributed by atoms with van der Waals surface area (Å²) in [6, 6.07) is 4.17. The van der Waals surface area contributed by atoms with Crippen molar-refractivity contribution >= 4 is 29.3 Å². The first kappa shape index (κ1) is 30.4. The average Bonchev–Trinajstić information content (AvgIpc) is 2.92. The van der Waals surface area contributed by atoms with Crippen LogP contribution >= 0.6 is 0 Å². The Bertz CT molecular complexity index is 1240. The number of benzene rings is 1. The Labute approximate surface area is 238 Å². The first-order valence-corrected chi connectivity index (χ1v) is 13.8. The van der Waals surface area contributed by atoms with Gasteiger partial charge in [-0.05, 0) is 57.5 Å². The molecule has 0 bridgehead atoms. The van der Waals surface area contributed by atoms with Crippen molar-refractivity contribution in [3.63, 3.8) is 0 Å². The molecule has 4 rings (SSSR count). The fraction of sp³-hybridized carbons (Fsp3) is 0.571. The Morgan fingerprint density at radius 3 is 2.59 bits per heavy atom. The fourth-order valence-electron chi connectivity index (χ4n) is 5.52. The number of hydrogen-bond donors (Lipinski definition) is 3. The van der Waals surface area contributed by atoms with Crippen LogP contribution in [0.2, 0.25) is 0 Å². The van der Waals surface area contributed by atoms with E-state index < -0.39 is 17.8 Å². The van der Waals surface area contributed by atoms with Crippen molar-refractivity contribution in [3.8, 4) is 5.75 Å². The van der Waals surface area contributed by atoms with Crippen LogP contribution in [0.5, 0.6) is 5.75 Å². The van der Waals surface area contributed by atoms with Gasteiger partial charge in [0.25, 0.3) is 5.91 Å². The third-order valence-electron chi connectivity index (χ3n) is 7.81. The molecule has 0 unspecified atom stereocenters. The van der Waals surface area contributed by atoms with Crippen molar-refractivity contribution in [1.29, 1.82) is 0 Å². The highest BCUT2D eigenvalue weighted by Crippen LogP contribution is 2.36. The molecular formula is C28H38F3N7O3. The number of likely N-dealkylation sites (tertiary alicyclic amines) is 1. The van der Waals surface area contributed by atoms with E-state index in [9.17, 15) is 22.8 Å². The normalized spacial score (nSPS) is 21.6. The number of halogens is 3. The van der Waals surface area contributed by atoms with E-state index in [-0.39, 0.29) is 35.7 Å². The van der Waals surface area contributed by atoms with E-state index in [1.54, 1.807) is 30.1 Å². The smallest absolute Gasteiger partial charge is 0.421 e. The molecule has 3 atom stereocenters. The Balaban J connectivity index is 1.55. The number of methoxy groups -OCH3 is 1. The van der Waals surface area contributed by atoms with E-state index in [2.05, 4.69) is 30.8 Å². The molecule has 1 aliphatic carbocycles. The van der Waals surface area contributed by atoms with E-state index in [1.165, 1.54) is 14.0 Å². The summed E-state index contributed by atoms with van der Waals surface area (Å²) in [7, 11) is 5.12. The molecule has 10 nitrogen and oxygen atoms in total. The minimum Gasteiger partial charge on any atom is -0.495 e. The highest BCUT2D eigenvalue weighted by atomic mass is 19.4. The second-order valence-corrected chi connectivity index (χ2v) is 10.8. The standard InChI is InChI=1S/C28H38F3N7O3/c1-17(39)38(3)23-10-6-5-9-21(23)34-25-20(28(29,30)31)15-32-27(36-25)35-22-12-11-18(14-24(22)41-4)26(40)33-19-8-7-13-37(2)16-19/h11-12,14-15,19,21,23H,5-10,13,16H2,1-4H3,(H,33,40)(H2,32,34,35,36)/t19-,21+,23+/m0/s1. The van der Waals surface area contributed by atoms with E-state index in [0.717, 1.165) is 45.0 Å². The molecule has 1 saturated heterocycles. The first-order valence-electron chi connectivity index (χ1n) is 13.8. The predicted molar refractivity (Wildman–Crippen MR) is 149 cm³/mol. The number of nitrogens with one attached hydrogen (secondary N) is 3. The van der Waals surface area contributed by atoms with Crippen molar-refractivity contribution in [2.45, 2.75) is 69.8 Å². The summed E-state index contributed by atoms with van der Waals surface area (Å²) in [4.78, 5) is 36.7. The molecule has 1 aliphatic heterocycles. The van der Waals surface area contributed by atoms with Gasteiger partial charge in [0.05, 0.1) is 18.8 Å². The zero-order valence-electron chi connectivity index (χ0n) is 23.8. The third kappa shape index (κ3) is 7.57. The second kappa shape index (κ2) is 12.9. The van der Waals surface area contributed by atoms with Crippen molar-refractivity contribution in [2.24, 2.45) is 0 Å². The van der Waals surface area contributed by atoms with Gasteiger partial charge in [0, 0.05) is 44.4 Å². The highest BCUT2D eigenvalue weighted by Gasteiger charge is 2.38. The van der Waals surface area contributed by atoms with Crippen molar-refractivity contribution in [1.82, 2.24) is 25.1 Å². The second-order valence-electron chi connectivity index (χ2n) is 10.8. The summed E-state index contributed by atoms with van der Waals surface area (Å²) >= 11 is 0. The van der Waals surface area contributed by atoms with Crippen LogP contribution in [0.3, 0.4) is 0 Å². The van der Waals surface area contributed by atoms with Gasteiger partial charge in [-0.1, -0.05) is 12.8 Å². The Morgan fingerprint density at radius 2 is 1.90 bits per heavy atom. The molecule has 2 fully saturated rings. The Hall–Kier alpha value is -3.61. The monoisotopic (exact) mass is 577 g/mol. The van der Waals surface area contributed by atoms with Gasteiger partial charge in [-0.2, -0.15) is 18.2 Å². The van der Waals surface area contributed by atoms with Gasteiger partial charge in [0.1, 0.15) is 17.1 Å². The molecule has 41 heavy (non-hydrogen) atoms. The number of likely N-dealkylation sites (N-methyl/N-ethyl adjacent to an activating group) is 2. The molecule has 2 aromatic rings.